The lowest BCUT2D eigenvalue weighted by molar-refractivity contribution is -0.141. The first-order valence-electron chi connectivity index (χ1n) is 8.83. The van der Waals surface area contributed by atoms with Crippen molar-refractivity contribution in [3.05, 3.63) is 47.3 Å². The highest BCUT2D eigenvalue weighted by atomic mass is 35.5. The first-order valence-corrected chi connectivity index (χ1v) is 8.83. The van der Waals surface area contributed by atoms with Gasteiger partial charge in [0.15, 0.2) is 0 Å². The van der Waals surface area contributed by atoms with Gasteiger partial charge in [0.25, 0.3) is 0 Å². The summed E-state index contributed by atoms with van der Waals surface area (Å²) in [6, 6.07) is 6.12. The Balaban J connectivity index is 0.00000392. The molecule has 2 aromatic rings. The number of nitrogens with one attached hydrogen (secondary N) is 1. The fourth-order valence-corrected chi connectivity index (χ4v) is 2.60. The molecule has 156 valence electrons. The third-order valence-corrected chi connectivity index (χ3v) is 4.23. The summed E-state index contributed by atoms with van der Waals surface area (Å²) in [4.78, 5) is 3.41. The van der Waals surface area contributed by atoms with Crippen molar-refractivity contribution < 1.29 is 18.3 Å². The molecular formula is C21H28ClF3N2O. The van der Waals surface area contributed by atoms with Gasteiger partial charge >= 0.3 is 6.18 Å². The van der Waals surface area contributed by atoms with E-state index in [2.05, 4.69) is 10.3 Å². The summed E-state index contributed by atoms with van der Waals surface area (Å²) in [5.41, 5.74) is 0.890. The number of nitrogens with zero attached hydrogens (tertiary/aromatic N) is 1. The molecule has 0 fully saturated rings. The first-order chi connectivity index (χ1) is 12.2. The monoisotopic (exact) mass is 416 g/mol. The number of pyridine rings is 1. The third-order valence-electron chi connectivity index (χ3n) is 4.23. The number of benzene rings is 1. The minimum Gasteiger partial charge on any atom is -0.507 e. The summed E-state index contributed by atoms with van der Waals surface area (Å²) in [6.07, 6.45) is -3.42. The van der Waals surface area contributed by atoms with Crippen LogP contribution in [0.15, 0.2) is 30.5 Å². The lowest BCUT2D eigenvalue weighted by atomic mass is 9.83. The molecular weight excluding hydrogens is 389 g/mol. The number of phenols is 1. The van der Waals surface area contributed by atoms with Gasteiger partial charge in [0.2, 0.25) is 0 Å². The minimum absolute atomic E-state index is 0. The number of aromatic hydroxyl groups is 1. The second-order valence-electron chi connectivity index (χ2n) is 8.81. The van der Waals surface area contributed by atoms with E-state index in [4.69, 9.17) is 0 Å². The van der Waals surface area contributed by atoms with Crippen LogP contribution in [0.2, 0.25) is 0 Å². The summed E-state index contributed by atoms with van der Waals surface area (Å²) in [5.74, 6) is -0.0147. The molecule has 0 aliphatic rings. The number of aromatic nitrogens is 1. The summed E-state index contributed by atoms with van der Waals surface area (Å²) >= 11 is 0. The summed E-state index contributed by atoms with van der Waals surface area (Å²) in [5, 5.41) is 14.1. The van der Waals surface area contributed by atoms with E-state index in [1.54, 1.807) is 6.07 Å². The van der Waals surface area contributed by atoms with Crippen LogP contribution in [0.1, 0.15) is 58.4 Å². The molecule has 0 amide bonds. The van der Waals surface area contributed by atoms with E-state index in [-0.39, 0.29) is 34.7 Å². The number of hydrogen-bond donors (Lipinski definition) is 2. The molecule has 2 N–H and O–H groups in total. The highest BCUT2D eigenvalue weighted by Gasteiger charge is 2.33. The molecule has 0 bridgehead atoms. The zero-order chi connectivity index (χ0) is 20.6. The van der Waals surface area contributed by atoms with Gasteiger partial charge in [0.05, 0.1) is 0 Å². The zero-order valence-corrected chi connectivity index (χ0v) is 17.8. The average molecular weight is 417 g/mol. The van der Waals surface area contributed by atoms with Crippen molar-refractivity contribution in [3.8, 4) is 16.9 Å². The number of rotatable bonds is 3. The van der Waals surface area contributed by atoms with Gasteiger partial charge < -0.3 is 10.4 Å². The van der Waals surface area contributed by atoms with Gasteiger partial charge in [-0.25, -0.2) is 0 Å². The van der Waals surface area contributed by atoms with Crippen LogP contribution in [0.5, 0.6) is 5.75 Å². The third kappa shape index (κ3) is 6.11. The molecule has 7 heteroatoms. The minimum atomic E-state index is -4.54. The van der Waals surface area contributed by atoms with Crippen molar-refractivity contribution >= 4 is 12.4 Å². The average Bonchev–Trinajstić information content (AvgIpc) is 2.51. The van der Waals surface area contributed by atoms with Crippen molar-refractivity contribution in [2.45, 2.75) is 65.2 Å². The summed E-state index contributed by atoms with van der Waals surface area (Å²) in [6.45, 7) is 12.5. The Hall–Kier alpha value is -1.79. The van der Waals surface area contributed by atoms with E-state index in [0.717, 1.165) is 17.8 Å². The summed E-state index contributed by atoms with van der Waals surface area (Å²) < 4.78 is 39.1. The molecule has 28 heavy (non-hydrogen) atoms. The Kier molecular flexibility index (Phi) is 7.18. The van der Waals surface area contributed by atoms with E-state index < -0.39 is 11.9 Å². The Labute approximate surface area is 170 Å². The highest BCUT2D eigenvalue weighted by Crippen LogP contribution is 2.39. The molecule has 1 aromatic carbocycles. The molecule has 0 atom stereocenters. The van der Waals surface area contributed by atoms with Gasteiger partial charge in [0, 0.05) is 29.4 Å². The molecule has 0 unspecified atom stereocenters. The van der Waals surface area contributed by atoms with Crippen LogP contribution >= 0.6 is 12.4 Å². The number of alkyl halides is 3. The van der Waals surface area contributed by atoms with Crippen LogP contribution < -0.4 is 5.32 Å². The fraction of sp³-hybridized carbons (Fsp3) is 0.476. The van der Waals surface area contributed by atoms with Gasteiger partial charge in [-0.15, -0.1) is 12.4 Å². The van der Waals surface area contributed by atoms with Crippen LogP contribution in [-0.4, -0.2) is 15.6 Å². The molecule has 0 aliphatic carbocycles. The number of hydrogen-bond acceptors (Lipinski definition) is 3. The second kappa shape index (κ2) is 8.29. The van der Waals surface area contributed by atoms with Gasteiger partial charge in [-0.3, -0.25) is 4.98 Å². The van der Waals surface area contributed by atoms with Crippen molar-refractivity contribution in [2.75, 3.05) is 0 Å². The first kappa shape index (κ1) is 24.2. The molecule has 1 heterocycles. The van der Waals surface area contributed by atoms with E-state index in [9.17, 15) is 18.3 Å². The van der Waals surface area contributed by atoms with Crippen molar-refractivity contribution in [1.29, 1.82) is 0 Å². The SMILES string of the molecule is CC(C)(C)NCc1cc(C(C)(C)C)cc(-c2ccnc(C(F)(F)F)c2)c1O.Cl. The van der Waals surface area contributed by atoms with E-state index in [1.165, 1.54) is 6.07 Å². The molecule has 1 aromatic heterocycles. The molecule has 0 aliphatic heterocycles. The van der Waals surface area contributed by atoms with Crippen LogP contribution in [0.3, 0.4) is 0 Å². The van der Waals surface area contributed by atoms with Gasteiger partial charge in [-0.05, 0) is 55.5 Å². The van der Waals surface area contributed by atoms with Crippen LogP contribution in [0, 0.1) is 0 Å². The lowest BCUT2D eigenvalue weighted by Gasteiger charge is -2.25. The maximum atomic E-state index is 13.0. The predicted molar refractivity (Wildman–Crippen MR) is 109 cm³/mol. The maximum absolute atomic E-state index is 13.0. The van der Waals surface area contributed by atoms with E-state index >= 15 is 0 Å². The Morgan fingerprint density at radius 3 is 2.11 bits per heavy atom. The van der Waals surface area contributed by atoms with Crippen molar-refractivity contribution in [3.63, 3.8) is 0 Å². The Morgan fingerprint density at radius 1 is 1.00 bits per heavy atom. The van der Waals surface area contributed by atoms with Crippen molar-refractivity contribution in [1.82, 2.24) is 10.3 Å². The Bertz CT molecular complexity index is 822. The number of halogens is 4. The summed E-state index contributed by atoms with van der Waals surface area (Å²) in [7, 11) is 0. The predicted octanol–water partition coefficient (Wildman–Crippen LogP) is 6.08. The van der Waals surface area contributed by atoms with Crippen LogP contribution in [0.25, 0.3) is 11.1 Å². The van der Waals surface area contributed by atoms with E-state index in [1.807, 2.05) is 47.6 Å². The van der Waals surface area contributed by atoms with Gasteiger partial charge in [-0.2, -0.15) is 13.2 Å². The largest absolute Gasteiger partial charge is 0.507 e. The maximum Gasteiger partial charge on any atom is 0.433 e. The van der Waals surface area contributed by atoms with Crippen molar-refractivity contribution in [2.24, 2.45) is 0 Å². The normalized spacial score (nSPS) is 12.6. The highest BCUT2D eigenvalue weighted by molar-refractivity contribution is 5.85. The smallest absolute Gasteiger partial charge is 0.433 e. The fourth-order valence-electron chi connectivity index (χ4n) is 2.60. The van der Waals surface area contributed by atoms with Gasteiger partial charge in [-0.1, -0.05) is 26.8 Å². The second-order valence-corrected chi connectivity index (χ2v) is 8.81. The molecule has 0 saturated carbocycles. The van der Waals surface area contributed by atoms with Crippen LogP contribution in [-0.2, 0) is 18.1 Å². The number of phenolic OH excluding ortho intramolecular Hbond substituents is 1. The van der Waals surface area contributed by atoms with Crippen LogP contribution in [0.4, 0.5) is 13.2 Å². The molecule has 3 nitrogen and oxygen atoms in total. The standard InChI is InChI=1S/C21H27F3N2O.ClH/c1-19(2,3)15-9-14(12-26-20(4,5)6)18(27)16(11-15)13-7-8-25-17(10-13)21(22,23)24;/h7-11,26-27H,12H2,1-6H3;1H. The molecule has 0 spiro atoms. The zero-order valence-electron chi connectivity index (χ0n) is 17.0. The molecule has 0 radical (unpaired) electrons. The quantitative estimate of drug-likeness (QED) is 0.637. The van der Waals surface area contributed by atoms with Gasteiger partial charge in [0.1, 0.15) is 11.4 Å². The van der Waals surface area contributed by atoms with E-state index in [0.29, 0.717) is 17.7 Å². The Morgan fingerprint density at radius 2 is 1.61 bits per heavy atom. The molecule has 0 saturated heterocycles. The lowest BCUT2D eigenvalue weighted by Crippen LogP contribution is -2.35. The molecule has 2 rings (SSSR count). The topological polar surface area (TPSA) is 45.2 Å².